The minimum atomic E-state index is -2.52. The first-order chi connectivity index (χ1) is 41.4. The molecule has 0 amide bonds. The molecule has 396 valence electrons. The van der Waals surface area contributed by atoms with E-state index in [9.17, 15) is 0 Å². The molecular formula is C64H62N12O3. The van der Waals surface area contributed by atoms with Crippen molar-refractivity contribution in [2.45, 2.75) is 99.7 Å². The van der Waals surface area contributed by atoms with Gasteiger partial charge in [-0.3, -0.25) is 0 Å². The molecule has 3 aliphatic heterocycles. The molecule has 3 aromatic carbocycles. The number of hydrogen-bond acceptors (Lipinski definition) is 15. The van der Waals surface area contributed by atoms with Crippen molar-refractivity contribution in [1.29, 1.82) is 0 Å². The van der Waals surface area contributed by atoms with Crippen LogP contribution in [-0.4, -0.2) is 67.4 Å². The van der Waals surface area contributed by atoms with Gasteiger partial charge in [-0.05, 0) is 159 Å². The second-order valence-electron chi connectivity index (χ2n) is 20.4. The first kappa shape index (κ1) is 40.9. The highest BCUT2D eigenvalue weighted by atomic mass is 16.3. The Bertz CT molecular complexity index is 4480. The van der Waals surface area contributed by atoms with E-state index in [1.807, 2.05) is 130 Å². The van der Waals surface area contributed by atoms with Crippen LogP contribution in [0.15, 0.2) is 160 Å². The van der Waals surface area contributed by atoms with Crippen LogP contribution < -0.4 is 29.4 Å². The molecule has 4 atom stereocenters. The summed E-state index contributed by atoms with van der Waals surface area (Å²) in [5, 5.41) is 5.76. The predicted molar refractivity (Wildman–Crippen MR) is 320 cm³/mol. The summed E-state index contributed by atoms with van der Waals surface area (Å²) in [6.45, 7) is 12.3. The van der Waals surface area contributed by atoms with Crippen molar-refractivity contribution in [3.63, 3.8) is 0 Å². The summed E-state index contributed by atoms with van der Waals surface area (Å²) in [5.74, 6) is 2.05. The van der Waals surface area contributed by atoms with Crippen LogP contribution in [0.4, 0.5) is 51.6 Å². The minimum Gasteiger partial charge on any atom is -0.435 e. The van der Waals surface area contributed by atoms with Gasteiger partial charge in [0, 0.05) is 96.7 Å². The molecule has 4 unspecified atom stereocenters. The van der Waals surface area contributed by atoms with Crippen molar-refractivity contribution in [2.24, 2.45) is 0 Å². The van der Waals surface area contributed by atoms with Gasteiger partial charge in [-0.15, -0.1) is 0 Å². The first-order valence-electron chi connectivity index (χ1n) is 30.3. The molecule has 12 heterocycles. The van der Waals surface area contributed by atoms with E-state index in [2.05, 4.69) is 65.7 Å². The van der Waals surface area contributed by atoms with Crippen molar-refractivity contribution in [2.75, 3.05) is 36.4 Å². The van der Waals surface area contributed by atoms with E-state index in [4.69, 9.17) is 24.2 Å². The Kier molecular flexibility index (Phi) is 9.87. The molecule has 9 aromatic heterocycles. The zero-order chi connectivity index (χ0) is 61.4. The van der Waals surface area contributed by atoms with Gasteiger partial charge in [-0.1, -0.05) is 36.4 Å². The van der Waals surface area contributed by atoms with Crippen LogP contribution in [-0.2, 0) is 0 Å². The number of hydrogen-bond donors (Lipinski definition) is 0. The Labute approximate surface area is 469 Å². The van der Waals surface area contributed by atoms with E-state index in [1.54, 1.807) is 60.3 Å². The summed E-state index contributed by atoms with van der Waals surface area (Å²) >= 11 is 0. The van der Waals surface area contributed by atoms with Crippen molar-refractivity contribution in [3.05, 3.63) is 163 Å². The van der Waals surface area contributed by atoms with E-state index < -0.39 is 38.2 Å². The predicted octanol–water partition coefficient (Wildman–Crippen LogP) is 15.4. The number of anilines is 9. The summed E-state index contributed by atoms with van der Waals surface area (Å²) in [4.78, 5) is 38.1. The van der Waals surface area contributed by atoms with Gasteiger partial charge in [-0.25, -0.2) is 29.9 Å². The van der Waals surface area contributed by atoms with Crippen molar-refractivity contribution in [1.82, 2.24) is 29.9 Å². The average molecular weight is 1060 g/mol. The number of aromatic nitrogens is 6. The van der Waals surface area contributed by atoms with Crippen LogP contribution in [0.25, 0.3) is 66.2 Å². The molecule has 15 heteroatoms. The molecule has 0 aliphatic carbocycles. The Balaban J connectivity index is 0.000000121. The maximum atomic E-state index is 8.77. The quantitative estimate of drug-likeness (QED) is 0.162. The summed E-state index contributed by atoms with van der Waals surface area (Å²) in [6.07, 6.45) is 9.28. The van der Waals surface area contributed by atoms with Crippen LogP contribution in [0, 0.1) is 20.8 Å². The summed E-state index contributed by atoms with van der Waals surface area (Å²) in [5.41, 5.74) is 11.7. The standard InChI is InChI=1S/2C22H22N4O.C20H18N4O/c2*1-13(2)25-15(4)26(21-18(25)8-6-11-23-21)19-14(3)9-10-16-17-7-5-12-24-22(17)27-20(16)19;1-12-8-9-14-15-6-4-11-22-20(15)25-18(14)17(12)24-13(2)23(3)16-7-5-10-21-19(16)24/h2*5-13,15H,1-4H3;4-11,13H,1-3H3/i1D3,13D;13D;3D3. The van der Waals surface area contributed by atoms with E-state index in [-0.39, 0.29) is 6.17 Å². The molecular weight excluding hydrogens is 985 g/mol. The lowest BCUT2D eigenvalue weighted by molar-refractivity contribution is 0.601. The molecule has 0 saturated heterocycles. The molecule has 0 bridgehead atoms. The molecule has 0 N–H and O–H groups in total. The smallest absolute Gasteiger partial charge is 0.227 e. The van der Waals surface area contributed by atoms with Gasteiger partial charge < -0.3 is 42.7 Å². The van der Waals surface area contributed by atoms with Gasteiger partial charge in [0.05, 0.1) is 36.9 Å². The van der Waals surface area contributed by atoms with E-state index in [1.165, 1.54) is 11.8 Å². The van der Waals surface area contributed by atoms with Crippen LogP contribution in [0.1, 0.15) is 76.1 Å². The van der Waals surface area contributed by atoms with Crippen molar-refractivity contribution >= 4 is 118 Å². The average Bonchev–Trinajstić information content (AvgIpc) is 1.62. The highest BCUT2D eigenvalue weighted by molar-refractivity contribution is 6.12. The molecule has 0 radical (unpaired) electrons. The number of furan rings is 3. The van der Waals surface area contributed by atoms with Gasteiger partial charge in [-0.2, -0.15) is 0 Å². The fourth-order valence-corrected chi connectivity index (χ4v) is 11.9. The summed E-state index contributed by atoms with van der Waals surface area (Å²) in [7, 11) is 0. The first-order valence-corrected chi connectivity index (χ1v) is 26.3. The molecule has 15 nitrogen and oxygen atoms in total. The Morgan fingerprint density at radius 1 is 0.418 bits per heavy atom. The number of rotatable bonds is 5. The molecule has 0 saturated carbocycles. The van der Waals surface area contributed by atoms with Crippen LogP contribution in [0.5, 0.6) is 0 Å². The minimum absolute atomic E-state index is 0.0807. The lowest BCUT2D eigenvalue weighted by atomic mass is 10.1. The van der Waals surface area contributed by atoms with E-state index in [0.717, 1.165) is 83.2 Å². The van der Waals surface area contributed by atoms with Gasteiger partial charge in [0.2, 0.25) is 17.1 Å². The monoisotopic (exact) mass is 1050 g/mol. The lowest BCUT2D eigenvalue weighted by Gasteiger charge is -2.33. The topological polar surface area (TPSA) is 136 Å². The largest absolute Gasteiger partial charge is 0.435 e. The van der Waals surface area contributed by atoms with Gasteiger partial charge in [0.25, 0.3) is 0 Å². The summed E-state index contributed by atoms with van der Waals surface area (Å²) < 4.78 is 84.0. The van der Waals surface area contributed by atoms with Gasteiger partial charge in [0.15, 0.2) is 34.2 Å². The molecule has 15 rings (SSSR count). The number of pyridine rings is 6. The molecule has 3 aliphatic rings. The Hall–Kier alpha value is -9.24. The van der Waals surface area contributed by atoms with Gasteiger partial charge in [0.1, 0.15) is 18.5 Å². The fourth-order valence-electron chi connectivity index (χ4n) is 11.9. The van der Waals surface area contributed by atoms with Crippen LogP contribution in [0.2, 0.25) is 0 Å². The third kappa shape index (κ3) is 7.68. The van der Waals surface area contributed by atoms with Gasteiger partial charge >= 0.3 is 0 Å². The SMILES string of the molecule is [2H]C(C)(C)N1c2cccnc2N(c2c(C)ccc3c2oc2ncccc23)C1C.[2H]C([2H])([2H])C([2H])(C)N1c2cccnc2N(c2c(C)ccc3c2oc2ncccc23)C1C.[2H]C([2H])([2H])N1c2cccnc2N(c2c(C)ccc3c2oc2ncccc23)C1C. The number of benzene rings is 3. The van der Waals surface area contributed by atoms with Crippen LogP contribution >= 0.6 is 0 Å². The second kappa shape index (κ2) is 19.0. The molecule has 79 heavy (non-hydrogen) atoms. The van der Waals surface area contributed by atoms with Crippen molar-refractivity contribution in [3.8, 4) is 0 Å². The third-order valence-electron chi connectivity index (χ3n) is 15.3. The highest BCUT2D eigenvalue weighted by Gasteiger charge is 2.41. The summed E-state index contributed by atoms with van der Waals surface area (Å²) in [6, 6.07) is 32.4. The lowest BCUT2D eigenvalue weighted by Crippen LogP contribution is -2.42. The number of nitrogens with zero attached hydrogens (tertiary/aromatic N) is 12. The maximum absolute atomic E-state index is 8.77. The molecule has 0 spiro atoms. The fraction of sp³-hybridized carbons (Fsp3) is 0.250. The van der Waals surface area contributed by atoms with E-state index >= 15 is 0 Å². The Morgan fingerprint density at radius 3 is 1.14 bits per heavy atom. The normalized spacial score (nSPS) is 19.4. The van der Waals surface area contributed by atoms with E-state index in [0.29, 0.717) is 51.3 Å². The highest BCUT2D eigenvalue weighted by Crippen LogP contribution is 2.51. The Morgan fingerprint density at radius 2 is 0.759 bits per heavy atom. The van der Waals surface area contributed by atoms with Crippen molar-refractivity contribution < 1.29 is 24.2 Å². The second-order valence-corrected chi connectivity index (χ2v) is 20.4. The number of fused-ring (bicyclic) bond motifs is 12. The molecule has 12 aromatic rings. The molecule has 0 fully saturated rings. The zero-order valence-electron chi connectivity index (χ0n) is 53.2. The van der Waals surface area contributed by atoms with Crippen LogP contribution in [0.3, 0.4) is 0 Å². The number of aryl methyl sites for hydroxylation is 3. The zero-order valence-corrected chi connectivity index (χ0v) is 45.2. The maximum Gasteiger partial charge on any atom is 0.227 e. The third-order valence-corrected chi connectivity index (χ3v) is 15.3.